The van der Waals surface area contributed by atoms with E-state index in [0.29, 0.717) is 12.6 Å². The topological polar surface area (TPSA) is 47.7 Å². The zero-order valence-corrected chi connectivity index (χ0v) is 10.2. The molecule has 0 bridgehead atoms. The Balaban J connectivity index is 1.74. The molecule has 3 rings (SSSR count). The molecule has 1 aliphatic carbocycles. The number of aromatic nitrogens is 4. The minimum absolute atomic E-state index is 0.653. The van der Waals surface area contributed by atoms with Crippen LogP contribution in [0.2, 0.25) is 0 Å². The Hall–Kier alpha value is -1.78. The highest BCUT2D eigenvalue weighted by Crippen LogP contribution is 2.37. The van der Waals surface area contributed by atoms with E-state index >= 15 is 0 Å². The first-order chi connectivity index (χ1) is 8.24. The van der Waals surface area contributed by atoms with Gasteiger partial charge in [0.2, 0.25) is 5.95 Å². The largest absolute Gasteiger partial charge is 0.348 e. The third kappa shape index (κ3) is 2.05. The number of nitrogens with one attached hydrogen (secondary N) is 1. The third-order valence-electron chi connectivity index (χ3n) is 3.12. The molecule has 0 radical (unpaired) electrons. The van der Waals surface area contributed by atoms with Gasteiger partial charge in [0.05, 0.1) is 12.2 Å². The summed E-state index contributed by atoms with van der Waals surface area (Å²) >= 11 is 0. The second kappa shape index (κ2) is 3.91. The summed E-state index contributed by atoms with van der Waals surface area (Å²) in [6, 6.07) is 0.653. The molecule has 5 heteroatoms. The Morgan fingerprint density at radius 2 is 2.29 bits per heavy atom. The lowest BCUT2D eigenvalue weighted by Crippen LogP contribution is -2.09. The van der Waals surface area contributed by atoms with Gasteiger partial charge in [-0.1, -0.05) is 0 Å². The minimum atomic E-state index is 0.653. The quantitative estimate of drug-likeness (QED) is 0.874. The van der Waals surface area contributed by atoms with Gasteiger partial charge in [0.15, 0.2) is 0 Å². The maximum atomic E-state index is 4.52. The van der Waals surface area contributed by atoms with E-state index in [1.165, 1.54) is 12.8 Å². The molecule has 5 nitrogen and oxygen atoms in total. The van der Waals surface area contributed by atoms with Crippen LogP contribution in [0.1, 0.15) is 30.4 Å². The molecule has 2 heterocycles. The molecule has 2 aromatic rings. The van der Waals surface area contributed by atoms with Crippen LogP contribution in [0.3, 0.4) is 0 Å². The Kier molecular flexibility index (Phi) is 2.39. The second-order valence-electron chi connectivity index (χ2n) is 4.65. The number of nitrogens with zero attached hydrogens (tertiary/aromatic N) is 4. The van der Waals surface area contributed by atoms with Crippen LogP contribution >= 0.6 is 0 Å². The lowest BCUT2D eigenvalue weighted by molar-refractivity contribution is 0.733. The van der Waals surface area contributed by atoms with Gasteiger partial charge >= 0.3 is 0 Å². The molecule has 90 valence electrons. The number of hydrogen-bond donors (Lipinski definition) is 1. The van der Waals surface area contributed by atoms with Gasteiger partial charge in [-0.2, -0.15) is 0 Å². The fourth-order valence-electron chi connectivity index (χ4n) is 2.00. The van der Waals surface area contributed by atoms with Crippen LogP contribution in [-0.2, 0) is 13.6 Å². The minimum Gasteiger partial charge on any atom is -0.348 e. The summed E-state index contributed by atoms with van der Waals surface area (Å²) in [5.41, 5.74) is 1.07. The molecular weight excluding hydrogens is 214 g/mol. The number of rotatable bonds is 4. The highest BCUT2D eigenvalue weighted by Gasteiger charge is 2.26. The van der Waals surface area contributed by atoms with E-state index in [4.69, 9.17) is 0 Å². The lowest BCUT2D eigenvalue weighted by atomic mass is 10.5. The van der Waals surface area contributed by atoms with Gasteiger partial charge in [-0.05, 0) is 19.8 Å². The summed E-state index contributed by atoms with van der Waals surface area (Å²) in [6.07, 6.45) is 8.43. The van der Waals surface area contributed by atoms with Crippen LogP contribution in [0.5, 0.6) is 0 Å². The van der Waals surface area contributed by atoms with Crippen LogP contribution in [0, 0.1) is 6.92 Å². The van der Waals surface area contributed by atoms with E-state index in [9.17, 15) is 0 Å². The van der Waals surface area contributed by atoms with Crippen molar-refractivity contribution in [3.8, 4) is 0 Å². The van der Waals surface area contributed by atoms with Crippen molar-refractivity contribution < 1.29 is 0 Å². The molecule has 1 fully saturated rings. The van der Waals surface area contributed by atoms with Crippen molar-refractivity contribution in [2.24, 2.45) is 7.05 Å². The van der Waals surface area contributed by atoms with Crippen molar-refractivity contribution >= 4 is 5.95 Å². The molecule has 1 aliphatic rings. The molecule has 0 spiro atoms. The standard InChI is InChI=1S/C12H17N5/c1-9-8-17(10-3-4-10)12(15-9)14-7-11-13-5-6-16(11)2/h5-6,8,10H,3-4,7H2,1-2H3,(H,14,15). The average molecular weight is 231 g/mol. The maximum Gasteiger partial charge on any atom is 0.203 e. The van der Waals surface area contributed by atoms with Crippen LogP contribution in [0.15, 0.2) is 18.6 Å². The second-order valence-corrected chi connectivity index (χ2v) is 4.65. The van der Waals surface area contributed by atoms with E-state index in [1.54, 1.807) is 0 Å². The molecular formula is C12H17N5. The first kappa shape index (κ1) is 10.4. The lowest BCUT2D eigenvalue weighted by Gasteiger charge is -2.08. The van der Waals surface area contributed by atoms with Gasteiger partial charge in [0, 0.05) is 31.7 Å². The van der Waals surface area contributed by atoms with E-state index in [-0.39, 0.29) is 0 Å². The SMILES string of the molecule is Cc1cn(C2CC2)c(NCc2nccn2C)n1. The normalized spacial score (nSPS) is 15.2. The smallest absolute Gasteiger partial charge is 0.203 e. The third-order valence-corrected chi connectivity index (χ3v) is 3.12. The molecule has 1 saturated carbocycles. The summed E-state index contributed by atoms with van der Waals surface area (Å²) in [5, 5.41) is 3.37. The summed E-state index contributed by atoms with van der Waals surface area (Å²) in [7, 11) is 2.00. The van der Waals surface area contributed by atoms with Gasteiger partial charge < -0.3 is 14.5 Å². The number of hydrogen-bond acceptors (Lipinski definition) is 3. The zero-order valence-electron chi connectivity index (χ0n) is 10.2. The van der Waals surface area contributed by atoms with E-state index < -0.39 is 0 Å². The summed E-state index contributed by atoms with van der Waals surface area (Å²) < 4.78 is 4.27. The van der Waals surface area contributed by atoms with Gasteiger partial charge in [0.1, 0.15) is 5.82 Å². The first-order valence-corrected chi connectivity index (χ1v) is 5.99. The van der Waals surface area contributed by atoms with Crippen molar-refractivity contribution in [2.45, 2.75) is 32.4 Å². The predicted molar refractivity (Wildman–Crippen MR) is 65.8 cm³/mol. The summed E-state index contributed by atoms with van der Waals surface area (Å²) in [4.78, 5) is 8.81. The first-order valence-electron chi connectivity index (χ1n) is 5.99. The fraction of sp³-hybridized carbons (Fsp3) is 0.500. The monoisotopic (exact) mass is 231 g/mol. The molecule has 17 heavy (non-hydrogen) atoms. The van der Waals surface area contributed by atoms with E-state index in [2.05, 4.69) is 26.0 Å². The van der Waals surface area contributed by atoms with Crippen molar-refractivity contribution in [1.29, 1.82) is 0 Å². The molecule has 0 saturated heterocycles. The highest BCUT2D eigenvalue weighted by atomic mass is 15.2. The molecule has 0 aromatic carbocycles. The van der Waals surface area contributed by atoms with Crippen molar-refractivity contribution in [3.05, 3.63) is 30.1 Å². The molecule has 0 aliphatic heterocycles. The van der Waals surface area contributed by atoms with Crippen molar-refractivity contribution in [1.82, 2.24) is 19.1 Å². The number of aryl methyl sites for hydroxylation is 2. The van der Waals surface area contributed by atoms with Gasteiger partial charge in [-0.3, -0.25) is 0 Å². The number of anilines is 1. The maximum absolute atomic E-state index is 4.52. The van der Waals surface area contributed by atoms with Crippen molar-refractivity contribution in [2.75, 3.05) is 5.32 Å². The molecule has 2 aromatic heterocycles. The Bertz CT molecular complexity index is 521. The average Bonchev–Trinajstić information content (AvgIpc) is 2.97. The van der Waals surface area contributed by atoms with Crippen LogP contribution in [0.25, 0.3) is 0 Å². The van der Waals surface area contributed by atoms with E-state index in [0.717, 1.165) is 17.5 Å². The van der Waals surface area contributed by atoms with Crippen molar-refractivity contribution in [3.63, 3.8) is 0 Å². The van der Waals surface area contributed by atoms with Gasteiger partial charge in [-0.25, -0.2) is 9.97 Å². The molecule has 0 unspecified atom stereocenters. The van der Waals surface area contributed by atoms with Crippen LogP contribution in [-0.4, -0.2) is 19.1 Å². The highest BCUT2D eigenvalue weighted by molar-refractivity contribution is 5.31. The predicted octanol–water partition coefficient (Wildman–Crippen LogP) is 1.87. The molecule has 1 N–H and O–H groups in total. The fourth-order valence-corrected chi connectivity index (χ4v) is 2.00. The van der Waals surface area contributed by atoms with Gasteiger partial charge in [0.25, 0.3) is 0 Å². The van der Waals surface area contributed by atoms with Gasteiger partial charge in [-0.15, -0.1) is 0 Å². The molecule has 0 amide bonds. The Morgan fingerprint density at radius 3 is 2.94 bits per heavy atom. The summed E-state index contributed by atoms with van der Waals surface area (Å²) in [6.45, 7) is 2.75. The molecule has 0 atom stereocenters. The Labute approximate surface area is 100 Å². The van der Waals surface area contributed by atoms with Crippen LogP contribution < -0.4 is 5.32 Å². The zero-order chi connectivity index (χ0) is 11.8. The van der Waals surface area contributed by atoms with E-state index in [1.807, 2.05) is 30.9 Å². The number of imidazole rings is 2. The Morgan fingerprint density at radius 1 is 1.47 bits per heavy atom. The van der Waals surface area contributed by atoms with Crippen LogP contribution in [0.4, 0.5) is 5.95 Å². The summed E-state index contributed by atoms with van der Waals surface area (Å²) in [5.74, 6) is 1.99.